The second kappa shape index (κ2) is 7.79. The van der Waals surface area contributed by atoms with Gasteiger partial charge in [0.05, 0.1) is 0 Å². The van der Waals surface area contributed by atoms with E-state index in [1.165, 1.54) is 11.1 Å². The Bertz CT molecular complexity index is 603. The van der Waals surface area contributed by atoms with Crippen molar-refractivity contribution in [2.75, 3.05) is 0 Å². The fourth-order valence-electron chi connectivity index (χ4n) is 3.04. The van der Waals surface area contributed by atoms with Gasteiger partial charge in [0.15, 0.2) is 0 Å². The summed E-state index contributed by atoms with van der Waals surface area (Å²) in [7, 11) is 0. The zero-order chi connectivity index (χ0) is 17.9. The summed E-state index contributed by atoms with van der Waals surface area (Å²) in [6.07, 6.45) is 0. The molecule has 0 amide bonds. The summed E-state index contributed by atoms with van der Waals surface area (Å²) in [4.78, 5) is 12.9. The molecule has 0 saturated carbocycles. The molecule has 0 radical (unpaired) electrons. The topological polar surface area (TPSA) is 17.1 Å². The number of hydrogen-bond donors (Lipinski definition) is 0. The van der Waals surface area contributed by atoms with Crippen LogP contribution in [0.5, 0.6) is 0 Å². The zero-order valence-corrected chi connectivity index (χ0v) is 15.8. The molecule has 0 aliphatic carbocycles. The van der Waals surface area contributed by atoms with E-state index in [0.29, 0.717) is 11.8 Å². The van der Waals surface area contributed by atoms with Gasteiger partial charge >= 0.3 is 0 Å². The Labute approximate surface area is 147 Å². The van der Waals surface area contributed by atoms with Crippen molar-refractivity contribution in [1.82, 2.24) is 0 Å². The third-order valence-electron chi connectivity index (χ3n) is 5.06. The quantitative estimate of drug-likeness (QED) is 0.600. The average molecular weight is 322 g/mol. The fourth-order valence-corrected chi connectivity index (χ4v) is 3.04. The van der Waals surface area contributed by atoms with Crippen LogP contribution < -0.4 is 0 Å². The van der Waals surface area contributed by atoms with E-state index < -0.39 is 0 Å². The fraction of sp³-hybridized carbons (Fsp3) is 0.435. The van der Waals surface area contributed by atoms with Gasteiger partial charge in [0.2, 0.25) is 0 Å². The highest BCUT2D eigenvalue weighted by molar-refractivity contribution is 5.91. The summed E-state index contributed by atoms with van der Waals surface area (Å²) in [5.74, 6) is 1.16. The van der Waals surface area contributed by atoms with Crippen LogP contribution in [0.25, 0.3) is 0 Å². The van der Waals surface area contributed by atoms with Crippen molar-refractivity contribution in [3.8, 4) is 0 Å². The minimum Gasteiger partial charge on any atom is -0.298 e. The smallest absolute Gasteiger partial charge is 0.147 e. The largest absolute Gasteiger partial charge is 0.298 e. The second-order valence-corrected chi connectivity index (χ2v) is 7.49. The molecule has 0 fully saturated rings. The van der Waals surface area contributed by atoms with Crippen LogP contribution in [0.2, 0.25) is 0 Å². The van der Waals surface area contributed by atoms with Gasteiger partial charge in [-0.15, -0.1) is 0 Å². The van der Waals surface area contributed by atoms with Gasteiger partial charge in [-0.25, -0.2) is 0 Å². The van der Waals surface area contributed by atoms with Crippen molar-refractivity contribution in [3.05, 3.63) is 70.8 Å². The van der Waals surface area contributed by atoms with Crippen molar-refractivity contribution in [1.29, 1.82) is 0 Å². The number of benzene rings is 2. The van der Waals surface area contributed by atoms with Crippen molar-refractivity contribution in [3.63, 3.8) is 0 Å². The van der Waals surface area contributed by atoms with Crippen LogP contribution in [0.15, 0.2) is 48.5 Å². The van der Waals surface area contributed by atoms with Gasteiger partial charge in [-0.05, 0) is 34.1 Å². The Kier molecular flexibility index (Phi) is 5.99. The van der Waals surface area contributed by atoms with Crippen molar-refractivity contribution in [2.24, 2.45) is 0 Å². The number of carbonyl (C=O) groups excluding carboxylic acids is 1. The third kappa shape index (κ3) is 4.14. The Morgan fingerprint density at radius 3 is 1.04 bits per heavy atom. The van der Waals surface area contributed by atoms with Gasteiger partial charge in [-0.3, -0.25) is 4.79 Å². The molecule has 0 saturated heterocycles. The molecule has 128 valence electrons. The number of carbonyl (C=O) groups is 1. The number of rotatable bonds is 6. The molecule has 1 nitrogen and oxygen atoms in total. The lowest BCUT2D eigenvalue weighted by atomic mass is 9.84. The molecule has 0 N–H and O–H groups in total. The zero-order valence-electron chi connectivity index (χ0n) is 15.8. The Morgan fingerprint density at radius 1 is 0.542 bits per heavy atom. The predicted molar refractivity (Wildman–Crippen MR) is 103 cm³/mol. The van der Waals surface area contributed by atoms with Crippen molar-refractivity contribution >= 4 is 5.78 Å². The molecule has 0 aromatic heterocycles. The first-order chi connectivity index (χ1) is 11.3. The third-order valence-corrected chi connectivity index (χ3v) is 5.06. The lowest BCUT2D eigenvalue weighted by molar-refractivity contribution is -0.121. The van der Waals surface area contributed by atoms with E-state index in [2.05, 4.69) is 76.2 Å². The first-order valence-corrected chi connectivity index (χ1v) is 9.04. The first-order valence-electron chi connectivity index (χ1n) is 9.04. The van der Waals surface area contributed by atoms with Crippen LogP contribution in [0.3, 0.4) is 0 Å². The van der Waals surface area contributed by atoms with E-state index in [1.54, 1.807) is 0 Å². The molecule has 2 unspecified atom stereocenters. The highest BCUT2D eigenvalue weighted by atomic mass is 16.1. The summed E-state index contributed by atoms with van der Waals surface area (Å²) < 4.78 is 0. The van der Waals surface area contributed by atoms with E-state index in [9.17, 15) is 4.79 Å². The lowest BCUT2D eigenvalue weighted by Gasteiger charge is -2.18. The maximum absolute atomic E-state index is 12.9. The maximum atomic E-state index is 12.9. The van der Waals surface area contributed by atoms with Gasteiger partial charge in [0.1, 0.15) is 5.78 Å². The van der Waals surface area contributed by atoms with Crippen LogP contribution in [-0.4, -0.2) is 5.78 Å². The highest BCUT2D eigenvalue weighted by Crippen LogP contribution is 2.28. The molecule has 2 aromatic carbocycles. The summed E-state index contributed by atoms with van der Waals surface area (Å²) >= 11 is 0. The molecule has 0 spiro atoms. The van der Waals surface area contributed by atoms with E-state index in [4.69, 9.17) is 0 Å². The molecule has 2 aromatic rings. The maximum Gasteiger partial charge on any atom is 0.147 e. The molecule has 0 aliphatic heterocycles. The molecule has 0 aliphatic rings. The predicted octanol–water partition coefficient (Wildman–Crippen LogP) is 6.41. The Balaban J connectivity index is 2.14. The normalized spacial score (nSPS) is 14.0. The SMILES string of the molecule is CC(C)c1ccc(C(C)C(=O)C(C)c2ccc(C(C)C)cc2)cc1. The van der Waals surface area contributed by atoms with E-state index in [1.807, 2.05) is 13.8 Å². The number of hydrogen-bond acceptors (Lipinski definition) is 1. The van der Waals surface area contributed by atoms with Crippen LogP contribution in [-0.2, 0) is 4.79 Å². The summed E-state index contributed by atoms with van der Waals surface area (Å²) in [5.41, 5.74) is 4.84. The van der Waals surface area contributed by atoms with Crippen molar-refractivity contribution in [2.45, 2.75) is 65.2 Å². The summed E-state index contributed by atoms with van der Waals surface area (Å²) in [6, 6.07) is 17.0. The highest BCUT2D eigenvalue weighted by Gasteiger charge is 2.23. The molecular weight excluding hydrogens is 292 g/mol. The minimum atomic E-state index is -0.0778. The minimum absolute atomic E-state index is 0.0778. The first kappa shape index (κ1) is 18.4. The monoisotopic (exact) mass is 322 g/mol. The van der Waals surface area contributed by atoms with E-state index >= 15 is 0 Å². The molecule has 2 atom stereocenters. The molecule has 1 heteroatoms. The van der Waals surface area contributed by atoms with E-state index in [0.717, 1.165) is 11.1 Å². The van der Waals surface area contributed by atoms with Crippen LogP contribution in [0, 0.1) is 0 Å². The molecular formula is C23H30O. The van der Waals surface area contributed by atoms with Crippen LogP contribution in [0.1, 0.15) is 87.5 Å². The Morgan fingerprint density at radius 2 is 0.792 bits per heavy atom. The molecule has 0 bridgehead atoms. The number of ketones is 1. The standard InChI is InChI=1S/C23H30O/c1-15(2)19-7-11-21(12-8-19)17(5)23(24)18(6)22-13-9-20(10-14-22)16(3)4/h7-18H,1-6H3. The lowest BCUT2D eigenvalue weighted by Crippen LogP contribution is -2.16. The summed E-state index contributed by atoms with van der Waals surface area (Å²) in [6.45, 7) is 12.8. The van der Waals surface area contributed by atoms with Crippen molar-refractivity contribution < 1.29 is 4.79 Å². The van der Waals surface area contributed by atoms with Crippen LogP contribution in [0.4, 0.5) is 0 Å². The van der Waals surface area contributed by atoms with Crippen LogP contribution >= 0.6 is 0 Å². The van der Waals surface area contributed by atoms with Gasteiger partial charge in [0.25, 0.3) is 0 Å². The van der Waals surface area contributed by atoms with Gasteiger partial charge in [-0.2, -0.15) is 0 Å². The second-order valence-electron chi connectivity index (χ2n) is 7.49. The molecule has 2 rings (SSSR count). The van der Waals surface area contributed by atoms with Gasteiger partial charge in [0, 0.05) is 11.8 Å². The summed E-state index contributed by atoms with van der Waals surface area (Å²) in [5, 5.41) is 0. The molecule has 24 heavy (non-hydrogen) atoms. The van der Waals surface area contributed by atoms with Gasteiger partial charge in [-0.1, -0.05) is 90.1 Å². The van der Waals surface area contributed by atoms with E-state index in [-0.39, 0.29) is 17.6 Å². The Hall–Kier alpha value is -1.89. The van der Waals surface area contributed by atoms with Gasteiger partial charge < -0.3 is 0 Å². The molecule has 0 heterocycles. The average Bonchev–Trinajstić information content (AvgIpc) is 2.60. The number of Topliss-reactive ketones (excluding diaryl/α,β-unsaturated/α-hetero) is 1.